The lowest BCUT2D eigenvalue weighted by molar-refractivity contribution is 0.542. The maximum atomic E-state index is 2.35. The van der Waals surface area contributed by atoms with Gasteiger partial charge in [-0.2, -0.15) is 0 Å². The van der Waals surface area contributed by atoms with E-state index in [1.165, 1.54) is 16.7 Å². The first kappa shape index (κ1) is 14.3. The van der Waals surface area contributed by atoms with Crippen LogP contribution in [0.4, 0.5) is 0 Å². The van der Waals surface area contributed by atoms with E-state index in [1.807, 2.05) is 0 Å². The molecule has 2 aromatic carbocycles. The zero-order valence-electron chi connectivity index (χ0n) is 11.4. The van der Waals surface area contributed by atoms with Crippen LogP contribution in [0.25, 0.3) is 5.57 Å². The van der Waals surface area contributed by atoms with E-state index in [9.17, 15) is 0 Å². The van der Waals surface area contributed by atoms with E-state index in [2.05, 4.69) is 101 Å². The number of halogens is 1. The molecule has 0 amide bonds. The Balaban J connectivity index is 2.24. The van der Waals surface area contributed by atoms with Crippen molar-refractivity contribution in [1.82, 2.24) is 0 Å². The van der Waals surface area contributed by atoms with Crippen LogP contribution in [0.1, 0.15) is 31.4 Å². The second kappa shape index (κ2) is 6.38. The lowest BCUT2D eigenvalue weighted by Gasteiger charge is -2.26. The third kappa shape index (κ3) is 3.69. The predicted octanol–water partition coefficient (Wildman–Crippen LogP) is 5.83. The summed E-state index contributed by atoms with van der Waals surface area (Å²) in [6.07, 6.45) is 1.05. The molecule has 2 rings (SSSR count). The van der Waals surface area contributed by atoms with Gasteiger partial charge in [-0.3, -0.25) is 0 Å². The van der Waals surface area contributed by atoms with Gasteiger partial charge in [0.05, 0.1) is 0 Å². The van der Waals surface area contributed by atoms with Gasteiger partial charge in [0.1, 0.15) is 0 Å². The van der Waals surface area contributed by atoms with Gasteiger partial charge >= 0.3 is 0 Å². The van der Waals surface area contributed by atoms with Crippen molar-refractivity contribution in [2.45, 2.75) is 25.7 Å². The second-order valence-electron chi connectivity index (χ2n) is 5.43. The fourth-order valence-corrected chi connectivity index (χ4v) is 2.90. The molecule has 0 fully saturated rings. The van der Waals surface area contributed by atoms with Gasteiger partial charge in [0.2, 0.25) is 0 Å². The number of benzene rings is 2. The van der Waals surface area contributed by atoms with Crippen molar-refractivity contribution >= 4 is 28.2 Å². The minimum Gasteiger partial charge on any atom is -0.0622 e. The topological polar surface area (TPSA) is 0 Å². The molecule has 98 valence electrons. The van der Waals surface area contributed by atoms with E-state index < -0.39 is 0 Å². The zero-order chi connectivity index (χ0) is 13.7. The number of hydrogen-bond donors (Lipinski definition) is 0. The van der Waals surface area contributed by atoms with Crippen molar-refractivity contribution in [3.63, 3.8) is 0 Å². The van der Waals surface area contributed by atoms with Gasteiger partial charge in [0.25, 0.3) is 0 Å². The van der Waals surface area contributed by atoms with Crippen molar-refractivity contribution in [3.05, 3.63) is 75.9 Å². The lowest BCUT2D eigenvalue weighted by Crippen LogP contribution is -2.17. The summed E-state index contributed by atoms with van der Waals surface area (Å²) in [6.45, 7) is 4.62. The van der Waals surface area contributed by atoms with Gasteiger partial charge in [-0.1, -0.05) is 97.1 Å². The summed E-state index contributed by atoms with van der Waals surface area (Å²) in [7, 11) is 0. The van der Waals surface area contributed by atoms with Crippen LogP contribution in [-0.2, 0) is 5.41 Å². The Kier molecular flexibility index (Phi) is 4.81. The molecular formula is C18H19I. The average molecular weight is 362 g/mol. The first-order valence-corrected chi connectivity index (χ1v) is 7.78. The largest absolute Gasteiger partial charge is 0.0622 e. The van der Waals surface area contributed by atoms with E-state index >= 15 is 0 Å². The molecule has 19 heavy (non-hydrogen) atoms. The van der Waals surface area contributed by atoms with Crippen molar-refractivity contribution in [2.24, 2.45) is 0 Å². The summed E-state index contributed by atoms with van der Waals surface area (Å²) in [5, 5.41) is 0. The normalized spacial score (nSPS) is 12.5. The molecular weight excluding hydrogens is 343 g/mol. The molecule has 0 aliphatic rings. The Labute approximate surface area is 129 Å². The van der Waals surface area contributed by atoms with Gasteiger partial charge < -0.3 is 0 Å². The molecule has 0 aliphatic heterocycles. The van der Waals surface area contributed by atoms with Crippen LogP contribution in [0.3, 0.4) is 0 Å². The Bertz CT molecular complexity index is 538. The quantitative estimate of drug-likeness (QED) is 0.601. The van der Waals surface area contributed by atoms with Crippen LogP contribution in [0.2, 0.25) is 0 Å². The number of hydrogen-bond acceptors (Lipinski definition) is 0. The minimum atomic E-state index is 0.147. The lowest BCUT2D eigenvalue weighted by atomic mass is 9.78. The highest BCUT2D eigenvalue weighted by Gasteiger charge is 2.22. The van der Waals surface area contributed by atoms with Crippen molar-refractivity contribution in [3.8, 4) is 0 Å². The maximum absolute atomic E-state index is 2.35. The smallest absolute Gasteiger partial charge is 0.00628 e. The van der Waals surface area contributed by atoms with Crippen LogP contribution in [0.15, 0.2) is 64.7 Å². The third-order valence-electron chi connectivity index (χ3n) is 3.46. The fourth-order valence-electron chi connectivity index (χ4n) is 2.32. The van der Waals surface area contributed by atoms with Crippen molar-refractivity contribution in [1.29, 1.82) is 0 Å². The summed E-state index contributed by atoms with van der Waals surface area (Å²) < 4.78 is 2.21. The van der Waals surface area contributed by atoms with E-state index in [4.69, 9.17) is 0 Å². The summed E-state index contributed by atoms with van der Waals surface area (Å²) in [5.74, 6) is 0. The average Bonchev–Trinajstić information content (AvgIpc) is 2.47. The van der Waals surface area contributed by atoms with Crippen molar-refractivity contribution in [2.75, 3.05) is 0 Å². The minimum absolute atomic E-state index is 0.147. The van der Waals surface area contributed by atoms with Crippen molar-refractivity contribution < 1.29 is 0 Å². The summed E-state index contributed by atoms with van der Waals surface area (Å²) in [5.41, 5.74) is 4.26. The van der Waals surface area contributed by atoms with Gasteiger partial charge in [0, 0.05) is 0 Å². The van der Waals surface area contributed by atoms with E-state index in [1.54, 1.807) is 0 Å². The van der Waals surface area contributed by atoms with Crippen LogP contribution in [-0.4, -0.2) is 0 Å². The molecule has 0 saturated carbocycles. The van der Waals surface area contributed by atoms with E-state index in [0.29, 0.717) is 0 Å². The second-order valence-corrected chi connectivity index (χ2v) is 6.05. The van der Waals surface area contributed by atoms with Crippen LogP contribution >= 0.6 is 22.6 Å². The molecule has 0 heterocycles. The zero-order valence-corrected chi connectivity index (χ0v) is 13.6. The molecule has 0 saturated heterocycles. The Morgan fingerprint density at radius 2 is 1.47 bits per heavy atom. The molecule has 2 aromatic rings. The van der Waals surface area contributed by atoms with Crippen LogP contribution in [0, 0.1) is 0 Å². The third-order valence-corrected chi connectivity index (χ3v) is 4.22. The highest BCUT2D eigenvalue weighted by atomic mass is 127. The Morgan fingerprint density at radius 3 is 2.00 bits per heavy atom. The highest BCUT2D eigenvalue weighted by Crippen LogP contribution is 2.34. The predicted molar refractivity (Wildman–Crippen MR) is 92.5 cm³/mol. The van der Waals surface area contributed by atoms with Crippen LogP contribution in [0.5, 0.6) is 0 Å². The SMILES string of the molecule is CC(C)(C/C(=C\I)c1ccccc1)c1ccccc1. The number of allylic oxidation sites excluding steroid dienone is 1. The van der Waals surface area contributed by atoms with Gasteiger partial charge in [-0.15, -0.1) is 0 Å². The molecule has 0 aromatic heterocycles. The highest BCUT2D eigenvalue weighted by molar-refractivity contribution is 14.1. The van der Waals surface area contributed by atoms with E-state index in [0.717, 1.165) is 6.42 Å². The summed E-state index contributed by atoms with van der Waals surface area (Å²) >= 11 is 2.35. The molecule has 0 bridgehead atoms. The Hall–Kier alpha value is -1.09. The van der Waals surface area contributed by atoms with Gasteiger partial charge in [-0.05, 0) is 32.6 Å². The molecule has 0 radical (unpaired) electrons. The number of rotatable bonds is 4. The Morgan fingerprint density at radius 1 is 0.947 bits per heavy atom. The first-order chi connectivity index (χ1) is 9.13. The van der Waals surface area contributed by atoms with Crippen LogP contribution < -0.4 is 0 Å². The summed E-state index contributed by atoms with van der Waals surface area (Å²) in [6, 6.07) is 21.4. The fraction of sp³-hybridized carbons (Fsp3) is 0.222. The molecule has 0 aliphatic carbocycles. The summed E-state index contributed by atoms with van der Waals surface area (Å²) in [4.78, 5) is 0. The molecule has 0 atom stereocenters. The van der Waals surface area contributed by atoms with Gasteiger partial charge in [0.15, 0.2) is 0 Å². The molecule has 1 heteroatoms. The van der Waals surface area contributed by atoms with Gasteiger partial charge in [-0.25, -0.2) is 0 Å². The molecule has 0 unspecified atom stereocenters. The maximum Gasteiger partial charge on any atom is -0.00628 e. The van der Waals surface area contributed by atoms with E-state index in [-0.39, 0.29) is 5.41 Å². The molecule has 0 nitrogen and oxygen atoms in total. The molecule has 0 N–H and O–H groups in total. The standard InChI is InChI=1S/C18H19I/c1-18(2,17-11-7-4-8-12-17)13-16(14-19)15-9-5-3-6-10-15/h3-12,14H,13H2,1-2H3/b16-14+. The molecule has 0 spiro atoms. The monoisotopic (exact) mass is 362 g/mol. The first-order valence-electron chi connectivity index (χ1n) is 6.54.